The molecule has 1 amide bonds. The first kappa shape index (κ1) is 36.7. The van der Waals surface area contributed by atoms with E-state index in [9.17, 15) is 17.6 Å². The summed E-state index contributed by atoms with van der Waals surface area (Å²) in [5.41, 5.74) is 2.28. The Balaban J connectivity index is 1.21. The van der Waals surface area contributed by atoms with Crippen molar-refractivity contribution in [3.8, 4) is 5.75 Å². The number of sulfonamides is 1. The highest BCUT2D eigenvalue weighted by Gasteiger charge is 2.45. The number of hydrogen-bond donors (Lipinski definition) is 1. The fraction of sp³-hybridized carbons (Fsp3) is 0.625. The Kier molecular flexibility index (Phi) is 10.5. The van der Waals surface area contributed by atoms with Crippen molar-refractivity contribution < 1.29 is 27.1 Å². The molecule has 1 spiro atoms. The molecule has 51 heavy (non-hydrogen) atoms. The van der Waals surface area contributed by atoms with Crippen LogP contribution in [0, 0.1) is 17.8 Å². The number of likely N-dealkylation sites (tertiary alicyclic amines) is 1. The minimum absolute atomic E-state index is 0.118. The lowest BCUT2D eigenvalue weighted by Gasteiger charge is -2.46. The van der Waals surface area contributed by atoms with Crippen molar-refractivity contribution >= 4 is 33.2 Å². The van der Waals surface area contributed by atoms with E-state index < -0.39 is 26.8 Å². The second kappa shape index (κ2) is 14.6. The van der Waals surface area contributed by atoms with Crippen molar-refractivity contribution in [2.45, 2.75) is 94.6 Å². The molecular formula is C40H53ClFN3O5S. The number of amides is 1. The van der Waals surface area contributed by atoms with Gasteiger partial charge in [-0.3, -0.25) is 4.79 Å². The third-order valence-electron chi connectivity index (χ3n) is 12.6. The number of rotatable bonds is 4. The van der Waals surface area contributed by atoms with Gasteiger partial charge in [0.25, 0.3) is 5.91 Å². The second-order valence-electron chi connectivity index (χ2n) is 16.2. The summed E-state index contributed by atoms with van der Waals surface area (Å²) in [6.45, 7) is 10.0. The van der Waals surface area contributed by atoms with E-state index in [1.165, 1.54) is 11.1 Å². The maximum atomic E-state index is 14.5. The normalized spacial score (nSPS) is 32.8. The van der Waals surface area contributed by atoms with Crippen LogP contribution in [0.15, 0.2) is 48.6 Å². The van der Waals surface area contributed by atoms with E-state index in [1.54, 1.807) is 19.9 Å². The van der Waals surface area contributed by atoms with Gasteiger partial charge in [-0.05, 0) is 124 Å². The second-order valence-corrected chi connectivity index (χ2v) is 18.7. The molecule has 6 atom stereocenters. The number of carbonyl (C=O) groups excluding carboxylic acids is 1. The molecule has 0 unspecified atom stereocenters. The van der Waals surface area contributed by atoms with Crippen molar-refractivity contribution in [3.05, 3.63) is 70.3 Å². The summed E-state index contributed by atoms with van der Waals surface area (Å²) in [5, 5.41) is -0.0453. The molecule has 1 saturated carbocycles. The number of alkyl halides is 1. The molecule has 3 heterocycles. The maximum absolute atomic E-state index is 14.5. The Labute approximate surface area is 308 Å². The summed E-state index contributed by atoms with van der Waals surface area (Å²) < 4.78 is 57.1. The zero-order chi connectivity index (χ0) is 36.0. The average molecular weight is 742 g/mol. The number of hydrogen-bond acceptors (Lipinski definition) is 7. The van der Waals surface area contributed by atoms with Gasteiger partial charge in [0.05, 0.1) is 30.3 Å². The minimum atomic E-state index is -3.95. The van der Waals surface area contributed by atoms with Gasteiger partial charge in [0.1, 0.15) is 11.4 Å². The Hall–Kier alpha value is -2.66. The van der Waals surface area contributed by atoms with Crippen molar-refractivity contribution in [3.63, 3.8) is 0 Å². The topological polar surface area (TPSA) is 88.2 Å². The monoisotopic (exact) mass is 741 g/mol. The molecule has 2 fully saturated rings. The molecule has 2 aromatic carbocycles. The number of carbonyl (C=O) groups is 1. The molecule has 3 aliphatic heterocycles. The Morgan fingerprint density at radius 1 is 1.10 bits per heavy atom. The van der Waals surface area contributed by atoms with Gasteiger partial charge in [-0.25, -0.2) is 17.5 Å². The number of piperidine rings is 1. The lowest BCUT2D eigenvalue weighted by atomic mass is 9.68. The first-order valence-electron chi connectivity index (χ1n) is 18.9. The number of benzene rings is 2. The van der Waals surface area contributed by atoms with Gasteiger partial charge >= 0.3 is 0 Å². The number of halogens is 2. The number of nitrogens with one attached hydrogen (secondary N) is 1. The van der Waals surface area contributed by atoms with Crippen LogP contribution in [0.4, 0.5) is 10.1 Å². The quantitative estimate of drug-likeness (QED) is 0.335. The van der Waals surface area contributed by atoms with Crippen LogP contribution in [0.25, 0.3) is 0 Å². The zero-order valence-corrected chi connectivity index (χ0v) is 31.8. The smallest absolute Gasteiger partial charge is 0.264 e. The standard InChI is InChI=1S/C40H53ClFN3O5S/c1-27-6-4-8-36(49-21-20-44-18-16-39(3,42)17-19-44)33-12-9-31(33)24-45-25-40(15-5-7-29-22-32(41)11-13-34(29)40)26-50-37-14-10-30(23-35(37)45)38(46)43-51(47,48)28(27)2/h4,8,10-11,13-14,22-23,27-28,31,33,36H,5-7,9,12,15-21,24-26H2,1-3H3,(H,43,46)/b8-4+/t27-,28+,31-,33+,36-,40-/m0/s1. The molecular weight excluding hydrogens is 689 g/mol. The highest BCUT2D eigenvalue weighted by Crippen LogP contribution is 2.47. The van der Waals surface area contributed by atoms with Gasteiger partial charge in [0.2, 0.25) is 10.0 Å². The number of aryl methyl sites for hydroxylation is 1. The molecule has 7 rings (SSSR count). The largest absolute Gasteiger partial charge is 0.490 e. The van der Waals surface area contributed by atoms with Gasteiger partial charge in [-0.15, -0.1) is 0 Å². The molecule has 5 aliphatic rings. The highest BCUT2D eigenvalue weighted by molar-refractivity contribution is 7.90. The number of nitrogens with zero attached hydrogens (tertiary/aromatic N) is 2. The van der Waals surface area contributed by atoms with Crippen LogP contribution in [0.1, 0.15) is 87.2 Å². The number of fused-ring (bicyclic) bond motifs is 4. The van der Waals surface area contributed by atoms with Crippen LogP contribution in [0.2, 0.25) is 5.02 Å². The van der Waals surface area contributed by atoms with E-state index in [1.807, 2.05) is 25.1 Å². The van der Waals surface area contributed by atoms with E-state index in [4.69, 9.17) is 21.1 Å². The van der Waals surface area contributed by atoms with Crippen LogP contribution in [-0.4, -0.2) is 82.2 Å². The molecule has 0 aromatic heterocycles. The van der Waals surface area contributed by atoms with Gasteiger partial charge in [0.15, 0.2) is 0 Å². The predicted octanol–water partition coefficient (Wildman–Crippen LogP) is 7.09. The Bertz CT molecular complexity index is 1740. The van der Waals surface area contributed by atoms with Gasteiger partial charge < -0.3 is 19.3 Å². The molecule has 1 saturated heterocycles. The minimum Gasteiger partial charge on any atom is -0.490 e. The summed E-state index contributed by atoms with van der Waals surface area (Å²) in [7, 11) is -3.95. The summed E-state index contributed by atoms with van der Waals surface area (Å²) in [4.78, 5) is 18.2. The van der Waals surface area contributed by atoms with Gasteiger partial charge in [0, 0.05) is 48.7 Å². The molecule has 0 radical (unpaired) electrons. The lowest BCUT2D eigenvalue weighted by Crippen LogP contribution is -2.50. The van der Waals surface area contributed by atoms with Crippen molar-refractivity contribution in [2.75, 3.05) is 50.8 Å². The summed E-state index contributed by atoms with van der Waals surface area (Å²) in [6.07, 6.45) is 10.8. The molecule has 278 valence electrons. The fourth-order valence-corrected chi connectivity index (χ4v) is 10.4. The molecule has 2 aromatic rings. The van der Waals surface area contributed by atoms with Crippen LogP contribution in [-0.2, 0) is 26.6 Å². The molecule has 1 N–H and O–H groups in total. The number of ether oxygens (including phenoxy) is 2. The predicted molar refractivity (Wildman–Crippen MR) is 200 cm³/mol. The maximum Gasteiger partial charge on any atom is 0.264 e. The van der Waals surface area contributed by atoms with Crippen molar-refractivity contribution in [1.82, 2.24) is 9.62 Å². The third kappa shape index (κ3) is 7.85. The number of anilines is 1. The van der Waals surface area contributed by atoms with Crippen LogP contribution >= 0.6 is 11.6 Å². The number of allylic oxidation sites excluding steroid dienone is 1. The van der Waals surface area contributed by atoms with Gasteiger partial charge in [-0.2, -0.15) is 0 Å². The summed E-state index contributed by atoms with van der Waals surface area (Å²) in [5.74, 6) is 0.482. The summed E-state index contributed by atoms with van der Waals surface area (Å²) in [6, 6.07) is 11.5. The zero-order valence-electron chi connectivity index (χ0n) is 30.2. The lowest BCUT2D eigenvalue weighted by molar-refractivity contribution is -0.0265. The van der Waals surface area contributed by atoms with E-state index in [0.29, 0.717) is 56.3 Å². The molecule has 2 bridgehead atoms. The van der Waals surface area contributed by atoms with Crippen molar-refractivity contribution in [1.29, 1.82) is 0 Å². The SMILES string of the molecule is C[C@@H]1[C@@H](C)C/C=C/[C@H](OCCN2CCC(C)(F)CC2)[C@@H]2CC[C@H]2CN2C[C@@]3(CCCc4cc(Cl)ccc43)COc3ccc(cc32)C(=O)NS1(=O)=O. The fourth-order valence-electron chi connectivity index (χ4n) is 8.88. The molecule has 11 heteroatoms. The van der Waals surface area contributed by atoms with Crippen LogP contribution in [0.3, 0.4) is 0 Å². The summed E-state index contributed by atoms with van der Waals surface area (Å²) >= 11 is 6.46. The van der Waals surface area contributed by atoms with Crippen LogP contribution in [0.5, 0.6) is 5.75 Å². The molecule has 8 nitrogen and oxygen atoms in total. The molecule has 2 aliphatic carbocycles. The van der Waals surface area contributed by atoms with Crippen LogP contribution < -0.4 is 14.4 Å². The van der Waals surface area contributed by atoms with E-state index >= 15 is 0 Å². The van der Waals surface area contributed by atoms with Crippen molar-refractivity contribution in [2.24, 2.45) is 17.8 Å². The average Bonchev–Trinajstić information content (AvgIpc) is 3.23. The Morgan fingerprint density at radius 2 is 1.90 bits per heavy atom. The van der Waals surface area contributed by atoms with E-state index in [2.05, 4.69) is 38.8 Å². The third-order valence-corrected chi connectivity index (χ3v) is 14.8. The first-order chi connectivity index (χ1) is 24.3. The first-order valence-corrected chi connectivity index (χ1v) is 20.8. The van der Waals surface area contributed by atoms with E-state index in [-0.39, 0.29) is 23.4 Å². The van der Waals surface area contributed by atoms with E-state index in [0.717, 1.165) is 69.0 Å². The van der Waals surface area contributed by atoms with Gasteiger partial charge in [-0.1, -0.05) is 36.7 Å². The Morgan fingerprint density at radius 3 is 2.67 bits per heavy atom. The highest BCUT2D eigenvalue weighted by atomic mass is 35.5.